The summed E-state index contributed by atoms with van der Waals surface area (Å²) in [7, 11) is 0. The number of anilines is 1. The van der Waals surface area contributed by atoms with Crippen LogP contribution in [0.1, 0.15) is 20.7 Å². The minimum atomic E-state index is -1.36. The number of thioether (sulfide) groups is 1. The Morgan fingerprint density at radius 3 is 2.09 bits per heavy atom. The lowest BCUT2D eigenvalue weighted by molar-refractivity contribution is -0.128. The summed E-state index contributed by atoms with van der Waals surface area (Å²) in [4.78, 5) is 57.4. The Morgan fingerprint density at radius 1 is 1.09 bits per heavy atom. The number of rotatable bonds is 5. The molecule has 1 fully saturated rings. The van der Waals surface area contributed by atoms with Crippen molar-refractivity contribution >= 4 is 46.4 Å². The van der Waals surface area contributed by atoms with Crippen molar-refractivity contribution in [2.75, 3.05) is 17.6 Å². The molecule has 120 valence electrons. The quantitative estimate of drug-likeness (QED) is 0.713. The first-order chi connectivity index (χ1) is 10.8. The molecular weight excluding hydrogens is 328 g/mol. The van der Waals surface area contributed by atoms with Gasteiger partial charge in [0.15, 0.2) is 0 Å². The van der Waals surface area contributed by atoms with Gasteiger partial charge in [-0.15, -0.1) is 0 Å². The molecule has 0 radical (unpaired) electrons. The number of carbonyl (C=O) groups is 5. The van der Waals surface area contributed by atoms with E-state index in [9.17, 15) is 24.0 Å². The number of benzene rings is 1. The van der Waals surface area contributed by atoms with Crippen molar-refractivity contribution in [3.8, 4) is 0 Å². The molecule has 1 aliphatic heterocycles. The summed E-state index contributed by atoms with van der Waals surface area (Å²) >= 11 is 0.777. The zero-order valence-corrected chi connectivity index (χ0v) is 12.3. The Morgan fingerprint density at radius 2 is 1.65 bits per heavy atom. The van der Waals surface area contributed by atoms with Gasteiger partial charge in [-0.25, -0.2) is 9.59 Å². The number of nitrogens with one attached hydrogen (secondary N) is 1. The maximum absolute atomic E-state index is 11.9. The van der Waals surface area contributed by atoms with Crippen molar-refractivity contribution in [2.24, 2.45) is 0 Å². The molecule has 1 heterocycles. The third-order valence-corrected chi connectivity index (χ3v) is 3.71. The van der Waals surface area contributed by atoms with Crippen molar-refractivity contribution < 1.29 is 34.2 Å². The number of aromatic carboxylic acids is 2. The summed E-state index contributed by atoms with van der Waals surface area (Å²) in [5.74, 6) is -3.99. The van der Waals surface area contributed by atoms with Crippen LogP contribution in [-0.2, 0) is 9.59 Å². The van der Waals surface area contributed by atoms with Crippen molar-refractivity contribution in [2.45, 2.75) is 0 Å². The van der Waals surface area contributed by atoms with E-state index >= 15 is 0 Å². The van der Waals surface area contributed by atoms with Gasteiger partial charge in [-0.2, -0.15) is 0 Å². The van der Waals surface area contributed by atoms with Gasteiger partial charge in [0.25, 0.3) is 5.24 Å². The zero-order chi connectivity index (χ0) is 17.1. The molecular formula is C13H10N2O7S. The standard InChI is InChI=1S/C13H10N2O7S/c16-9(4-15-10(17)5-23-13(15)22)14-8-2-6(11(18)19)1-7(3-8)12(20)21/h1-3H,4-5H2,(H,14,16)(H,18,19)(H,20,21). The van der Waals surface area contributed by atoms with Crippen molar-refractivity contribution in [1.82, 2.24) is 4.90 Å². The van der Waals surface area contributed by atoms with Crippen LogP contribution in [-0.4, -0.2) is 56.4 Å². The van der Waals surface area contributed by atoms with E-state index in [0.717, 1.165) is 34.9 Å². The van der Waals surface area contributed by atoms with Crippen LogP contribution in [0.3, 0.4) is 0 Å². The molecule has 3 N–H and O–H groups in total. The molecule has 1 aromatic carbocycles. The van der Waals surface area contributed by atoms with Crippen LogP contribution in [0.4, 0.5) is 10.5 Å². The molecule has 0 saturated carbocycles. The van der Waals surface area contributed by atoms with Gasteiger partial charge in [0, 0.05) is 5.69 Å². The molecule has 23 heavy (non-hydrogen) atoms. The van der Waals surface area contributed by atoms with E-state index in [4.69, 9.17) is 10.2 Å². The lowest BCUT2D eigenvalue weighted by Crippen LogP contribution is -2.36. The summed E-state index contributed by atoms with van der Waals surface area (Å²) in [6.07, 6.45) is 0. The van der Waals surface area contributed by atoms with E-state index in [1.807, 2.05) is 0 Å². The summed E-state index contributed by atoms with van der Waals surface area (Å²) < 4.78 is 0. The van der Waals surface area contributed by atoms with Crippen LogP contribution < -0.4 is 5.32 Å². The third-order valence-electron chi connectivity index (χ3n) is 2.85. The van der Waals surface area contributed by atoms with Gasteiger partial charge in [-0.3, -0.25) is 19.3 Å². The van der Waals surface area contributed by atoms with Gasteiger partial charge in [0.05, 0.1) is 16.9 Å². The molecule has 10 heteroatoms. The molecule has 0 unspecified atom stereocenters. The molecule has 1 aliphatic rings. The molecule has 2 rings (SSSR count). The normalized spacial score (nSPS) is 14.0. The second-order valence-electron chi connectivity index (χ2n) is 4.49. The van der Waals surface area contributed by atoms with Crippen molar-refractivity contribution in [1.29, 1.82) is 0 Å². The Hall–Kier alpha value is -2.88. The fourth-order valence-electron chi connectivity index (χ4n) is 1.82. The number of carbonyl (C=O) groups excluding carboxylic acids is 3. The molecule has 1 aromatic rings. The zero-order valence-electron chi connectivity index (χ0n) is 11.4. The van der Waals surface area contributed by atoms with Crippen molar-refractivity contribution in [3.05, 3.63) is 29.3 Å². The Bertz CT molecular complexity index is 683. The second-order valence-corrected chi connectivity index (χ2v) is 5.42. The van der Waals surface area contributed by atoms with Crippen LogP contribution in [0.15, 0.2) is 18.2 Å². The van der Waals surface area contributed by atoms with E-state index < -0.39 is 35.5 Å². The van der Waals surface area contributed by atoms with Crippen LogP contribution in [0.25, 0.3) is 0 Å². The topological polar surface area (TPSA) is 141 Å². The van der Waals surface area contributed by atoms with Crippen LogP contribution in [0.2, 0.25) is 0 Å². The first-order valence-corrected chi connectivity index (χ1v) is 7.15. The molecule has 1 saturated heterocycles. The third kappa shape index (κ3) is 3.86. The van der Waals surface area contributed by atoms with Gasteiger partial charge in [0.2, 0.25) is 11.8 Å². The minimum Gasteiger partial charge on any atom is -0.478 e. The average Bonchev–Trinajstić information content (AvgIpc) is 2.78. The molecule has 3 amide bonds. The van der Waals surface area contributed by atoms with Crippen LogP contribution in [0.5, 0.6) is 0 Å². The number of carboxylic acid groups (broad SMARTS) is 2. The molecule has 0 atom stereocenters. The van der Waals surface area contributed by atoms with E-state index in [1.165, 1.54) is 0 Å². The lowest BCUT2D eigenvalue weighted by atomic mass is 10.1. The van der Waals surface area contributed by atoms with Gasteiger partial charge in [-0.1, -0.05) is 11.8 Å². The molecule has 0 bridgehead atoms. The highest BCUT2D eigenvalue weighted by atomic mass is 32.2. The van der Waals surface area contributed by atoms with Gasteiger partial charge in [0.1, 0.15) is 6.54 Å². The second kappa shape index (κ2) is 6.48. The smallest absolute Gasteiger partial charge is 0.335 e. The molecule has 0 spiro atoms. The highest BCUT2D eigenvalue weighted by Crippen LogP contribution is 2.19. The lowest BCUT2D eigenvalue weighted by Gasteiger charge is -2.13. The molecule has 0 aromatic heterocycles. The predicted molar refractivity (Wildman–Crippen MR) is 78.6 cm³/mol. The highest BCUT2D eigenvalue weighted by Gasteiger charge is 2.31. The average molecular weight is 338 g/mol. The first-order valence-electron chi connectivity index (χ1n) is 6.16. The number of hydrogen-bond acceptors (Lipinski definition) is 6. The largest absolute Gasteiger partial charge is 0.478 e. The highest BCUT2D eigenvalue weighted by molar-refractivity contribution is 8.14. The maximum Gasteiger partial charge on any atom is 0.335 e. The summed E-state index contributed by atoms with van der Waals surface area (Å²) in [6, 6.07) is 3.11. The van der Waals surface area contributed by atoms with Crippen molar-refractivity contribution in [3.63, 3.8) is 0 Å². The number of imide groups is 1. The SMILES string of the molecule is O=C(CN1C(=O)CSC1=O)Nc1cc(C(=O)O)cc(C(=O)O)c1. The first kappa shape index (κ1) is 16.5. The Balaban J connectivity index is 2.17. The number of carboxylic acids is 2. The van der Waals surface area contributed by atoms with E-state index in [1.54, 1.807) is 0 Å². The number of amides is 3. The molecule has 0 aliphatic carbocycles. The Kier molecular flexibility index (Phi) is 4.65. The predicted octanol–water partition coefficient (Wildman–Crippen LogP) is 0.717. The van der Waals surface area contributed by atoms with E-state index in [2.05, 4.69) is 5.32 Å². The summed E-state index contributed by atoms with van der Waals surface area (Å²) in [5.41, 5.74) is -0.688. The maximum atomic E-state index is 11.9. The summed E-state index contributed by atoms with van der Waals surface area (Å²) in [6.45, 7) is -0.523. The van der Waals surface area contributed by atoms with Gasteiger partial charge in [-0.05, 0) is 18.2 Å². The minimum absolute atomic E-state index is 0.0379. The fraction of sp³-hybridized carbons (Fsp3) is 0.154. The fourth-order valence-corrected chi connectivity index (χ4v) is 2.55. The van der Waals surface area contributed by atoms with Gasteiger partial charge >= 0.3 is 11.9 Å². The number of nitrogens with zero attached hydrogens (tertiary/aromatic N) is 1. The molecule has 9 nitrogen and oxygen atoms in total. The monoisotopic (exact) mass is 338 g/mol. The Labute approximate surface area is 133 Å². The number of hydrogen-bond donors (Lipinski definition) is 3. The van der Waals surface area contributed by atoms with Crippen LogP contribution in [0, 0.1) is 0 Å². The van der Waals surface area contributed by atoms with Crippen LogP contribution >= 0.6 is 11.8 Å². The van der Waals surface area contributed by atoms with E-state index in [0.29, 0.717) is 0 Å². The van der Waals surface area contributed by atoms with Gasteiger partial charge < -0.3 is 15.5 Å². The van der Waals surface area contributed by atoms with E-state index in [-0.39, 0.29) is 22.6 Å². The summed E-state index contributed by atoms with van der Waals surface area (Å²) in [5, 5.41) is 19.6.